The van der Waals surface area contributed by atoms with Crippen LogP contribution < -0.4 is 5.73 Å². The van der Waals surface area contributed by atoms with Crippen LogP contribution in [0.1, 0.15) is 16.3 Å². The van der Waals surface area contributed by atoms with Gasteiger partial charge < -0.3 is 5.73 Å². The molecule has 0 saturated heterocycles. The van der Waals surface area contributed by atoms with Gasteiger partial charge in [-0.15, -0.1) is 21.5 Å². The molecule has 0 atom stereocenters. The molecule has 0 amide bonds. The third-order valence-corrected chi connectivity index (χ3v) is 4.70. The number of nitrogens with one attached hydrogen (secondary N) is 1. The van der Waals surface area contributed by atoms with Crippen LogP contribution in [0.5, 0.6) is 0 Å². The number of hydrogen-bond donors (Lipinski definition) is 2. The number of tetrazole rings is 1. The van der Waals surface area contributed by atoms with E-state index in [1.165, 1.54) is 16.6 Å². The average Bonchev–Trinajstić information content (AvgIpc) is 2.96. The topological polar surface area (TPSA) is 106 Å². The standard InChI is InChI=1S/C10H11N7S2/c1-4-5(2)19-9-7(4)8(11)12-10(13-9)18-3-6-14-16-17-15-6/h3H2,1-2H3,(H2,11,12,13)(H,14,15,16,17). The number of aryl methyl sites for hydroxylation is 2. The van der Waals surface area contributed by atoms with Gasteiger partial charge in [-0.3, -0.25) is 0 Å². The summed E-state index contributed by atoms with van der Waals surface area (Å²) in [6.45, 7) is 4.10. The molecule has 0 unspecified atom stereocenters. The highest BCUT2D eigenvalue weighted by atomic mass is 32.2. The molecular formula is C10H11N7S2. The summed E-state index contributed by atoms with van der Waals surface area (Å²) in [5.74, 6) is 1.71. The first kappa shape index (κ1) is 12.3. The molecule has 0 aliphatic carbocycles. The minimum atomic E-state index is 0.530. The minimum Gasteiger partial charge on any atom is -0.383 e. The quantitative estimate of drug-likeness (QED) is 0.559. The fourth-order valence-electron chi connectivity index (χ4n) is 1.70. The number of aromatic amines is 1. The highest BCUT2D eigenvalue weighted by molar-refractivity contribution is 7.98. The minimum absolute atomic E-state index is 0.530. The van der Waals surface area contributed by atoms with Gasteiger partial charge in [-0.05, 0) is 19.4 Å². The van der Waals surface area contributed by atoms with Crippen molar-refractivity contribution in [3.63, 3.8) is 0 Å². The third kappa shape index (κ3) is 2.26. The monoisotopic (exact) mass is 293 g/mol. The number of nitrogens with zero attached hydrogens (tertiary/aromatic N) is 5. The van der Waals surface area contributed by atoms with Crippen LogP contribution in [0.15, 0.2) is 5.16 Å². The van der Waals surface area contributed by atoms with Gasteiger partial charge in [0.05, 0.1) is 11.1 Å². The summed E-state index contributed by atoms with van der Waals surface area (Å²) in [5.41, 5.74) is 7.17. The predicted molar refractivity (Wildman–Crippen MR) is 75.0 cm³/mol. The van der Waals surface area contributed by atoms with Crippen molar-refractivity contribution < 1.29 is 0 Å². The molecule has 98 valence electrons. The van der Waals surface area contributed by atoms with Crippen LogP contribution in [0.3, 0.4) is 0 Å². The Bertz CT molecular complexity index is 719. The Labute approximate surface area is 117 Å². The lowest BCUT2D eigenvalue weighted by atomic mass is 10.2. The van der Waals surface area contributed by atoms with Crippen LogP contribution in [0.4, 0.5) is 5.82 Å². The number of rotatable bonds is 3. The van der Waals surface area contributed by atoms with Crippen molar-refractivity contribution >= 4 is 39.1 Å². The van der Waals surface area contributed by atoms with Crippen molar-refractivity contribution in [2.24, 2.45) is 0 Å². The molecule has 0 aliphatic rings. The van der Waals surface area contributed by atoms with E-state index in [2.05, 4.69) is 37.5 Å². The second kappa shape index (κ2) is 4.74. The highest BCUT2D eigenvalue weighted by Crippen LogP contribution is 2.33. The van der Waals surface area contributed by atoms with E-state index in [4.69, 9.17) is 5.73 Å². The molecular weight excluding hydrogens is 282 g/mol. The van der Waals surface area contributed by atoms with E-state index < -0.39 is 0 Å². The molecule has 3 aromatic rings. The van der Waals surface area contributed by atoms with Gasteiger partial charge in [-0.2, -0.15) is 5.21 Å². The molecule has 3 aromatic heterocycles. The van der Waals surface area contributed by atoms with E-state index in [0.29, 0.717) is 22.6 Å². The maximum atomic E-state index is 6.01. The van der Waals surface area contributed by atoms with Gasteiger partial charge in [0.1, 0.15) is 10.6 Å². The largest absolute Gasteiger partial charge is 0.383 e. The predicted octanol–water partition coefficient (Wildman–Crippen LogP) is 1.70. The number of anilines is 1. The first-order valence-electron chi connectivity index (χ1n) is 5.53. The van der Waals surface area contributed by atoms with Crippen LogP contribution in [0.2, 0.25) is 0 Å². The number of thioether (sulfide) groups is 1. The highest BCUT2D eigenvalue weighted by Gasteiger charge is 2.13. The molecule has 0 radical (unpaired) electrons. The molecule has 3 N–H and O–H groups in total. The molecule has 19 heavy (non-hydrogen) atoms. The lowest BCUT2D eigenvalue weighted by molar-refractivity contribution is 0.881. The molecule has 0 spiro atoms. The maximum absolute atomic E-state index is 6.01. The van der Waals surface area contributed by atoms with Gasteiger partial charge >= 0.3 is 0 Å². The zero-order valence-corrected chi connectivity index (χ0v) is 12.0. The molecule has 0 aromatic carbocycles. The lowest BCUT2D eigenvalue weighted by Crippen LogP contribution is -1.96. The molecule has 0 saturated carbocycles. The van der Waals surface area contributed by atoms with Gasteiger partial charge in [-0.1, -0.05) is 17.0 Å². The summed E-state index contributed by atoms with van der Waals surface area (Å²) in [6.07, 6.45) is 0. The fourth-order valence-corrected chi connectivity index (χ4v) is 3.49. The zero-order chi connectivity index (χ0) is 13.4. The molecule has 7 nitrogen and oxygen atoms in total. The van der Waals surface area contributed by atoms with Crippen LogP contribution in [0.25, 0.3) is 10.2 Å². The summed E-state index contributed by atoms with van der Waals surface area (Å²) in [6, 6.07) is 0. The van der Waals surface area contributed by atoms with Crippen molar-refractivity contribution in [2.75, 3.05) is 5.73 Å². The normalized spacial score (nSPS) is 11.3. The number of thiophene rings is 1. The fraction of sp³-hybridized carbons (Fsp3) is 0.300. The lowest BCUT2D eigenvalue weighted by Gasteiger charge is -2.01. The Kier molecular flexibility index (Phi) is 3.07. The molecule has 3 rings (SSSR count). The van der Waals surface area contributed by atoms with Crippen molar-refractivity contribution in [1.29, 1.82) is 0 Å². The summed E-state index contributed by atoms with van der Waals surface area (Å²) >= 11 is 3.08. The maximum Gasteiger partial charge on any atom is 0.191 e. The Morgan fingerprint density at radius 3 is 2.89 bits per heavy atom. The molecule has 0 bridgehead atoms. The second-order valence-corrected chi connectivity index (χ2v) is 6.12. The van der Waals surface area contributed by atoms with E-state index in [1.807, 2.05) is 6.92 Å². The average molecular weight is 293 g/mol. The molecule has 3 heterocycles. The number of aromatic nitrogens is 6. The van der Waals surface area contributed by atoms with Gasteiger partial charge in [0.25, 0.3) is 0 Å². The van der Waals surface area contributed by atoms with E-state index >= 15 is 0 Å². The number of H-pyrrole nitrogens is 1. The number of fused-ring (bicyclic) bond motifs is 1. The summed E-state index contributed by atoms with van der Waals surface area (Å²) in [4.78, 5) is 11.0. The Balaban J connectivity index is 1.92. The Morgan fingerprint density at radius 2 is 2.16 bits per heavy atom. The molecule has 9 heteroatoms. The third-order valence-electron chi connectivity index (χ3n) is 2.76. The van der Waals surface area contributed by atoms with E-state index in [1.54, 1.807) is 11.3 Å². The second-order valence-electron chi connectivity index (χ2n) is 3.97. The van der Waals surface area contributed by atoms with Crippen molar-refractivity contribution in [2.45, 2.75) is 24.8 Å². The van der Waals surface area contributed by atoms with Crippen molar-refractivity contribution in [1.82, 2.24) is 30.6 Å². The Morgan fingerprint density at radius 1 is 1.32 bits per heavy atom. The van der Waals surface area contributed by atoms with Crippen LogP contribution in [-0.2, 0) is 5.75 Å². The van der Waals surface area contributed by atoms with Crippen LogP contribution in [-0.4, -0.2) is 30.6 Å². The van der Waals surface area contributed by atoms with Gasteiger partial charge in [0.2, 0.25) is 0 Å². The van der Waals surface area contributed by atoms with Gasteiger partial charge in [0, 0.05) is 4.88 Å². The first-order valence-corrected chi connectivity index (χ1v) is 7.33. The number of nitrogen functional groups attached to an aromatic ring is 1. The molecule has 0 fully saturated rings. The van der Waals surface area contributed by atoms with Crippen molar-refractivity contribution in [3.05, 3.63) is 16.3 Å². The molecule has 0 aliphatic heterocycles. The van der Waals surface area contributed by atoms with Gasteiger partial charge in [-0.25, -0.2) is 9.97 Å². The van der Waals surface area contributed by atoms with Crippen LogP contribution in [0, 0.1) is 13.8 Å². The van der Waals surface area contributed by atoms with Gasteiger partial charge in [0.15, 0.2) is 11.0 Å². The zero-order valence-electron chi connectivity index (χ0n) is 10.3. The summed E-state index contributed by atoms with van der Waals surface area (Å²) in [7, 11) is 0. The number of nitrogens with two attached hydrogens (primary N) is 1. The van der Waals surface area contributed by atoms with E-state index in [9.17, 15) is 0 Å². The Hall–Kier alpha value is -1.74. The van der Waals surface area contributed by atoms with E-state index in [0.717, 1.165) is 15.8 Å². The van der Waals surface area contributed by atoms with Crippen molar-refractivity contribution in [3.8, 4) is 0 Å². The van der Waals surface area contributed by atoms with Crippen LogP contribution >= 0.6 is 23.1 Å². The number of hydrogen-bond acceptors (Lipinski definition) is 8. The summed E-state index contributed by atoms with van der Waals surface area (Å²) in [5, 5.41) is 15.3. The summed E-state index contributed by atoms with van der Waals surface area (Å²) < 4.78 is 0. The smallest absolute Gasteiger partial charge is 0.191 e. The van der Waals surface area contributed by atoms with E-state index in [-0.39, 0.29) is 0 Å². The SMILES string of the molecule is Cc1sc2nc(SCc3nn[nH]n3)nc(N)c2c1C. The first-order chi connectivity index (χ1) is 9.15.